The molecule has 2 N–H and O–H groups in total. The quantitative estimate of drug-likeness (QED) is 0.895. The molecule has 0 aromatic heterocycles. The van der Waals surface area contributed by atoms with E-state index < -0.39 is 0 Å². The van der Waals surface area contributed by atoms with E-state index in [4.69, 9.17) is 4.74 Å². The highest BCUT2D eigenvalue weighted by Crippen LogP contribution is 2.29. The van der Waals surface area contributed by atoms with Crippen molar-refractivity contribution in [3.63, 3.8) is 0 Å². The monoisotopic (exact) mass is 290 g/mol. The Hall–Kier alpha value is -2.04. The number of amides is 2. The van der Waals surface area contributed by atoms with Gasteiger partial charge >= 0.3 is 0 Å². The third kappa shape index (κ3) is 4.21. The van der Waals surface area contributed by atoms with Gasteiger partial charge in [-0.25, -0.2) is 0 Å². The van der Waals surface area contributed by atoms with Crippen molar-refractivity contribution in [3.05, 3.63) is 18.2 Å². The van der Waals surface area contributed by atoms with Crippen LogP contribution in [0.5, 0.6) is 5.75 Å². The second-order valence-electron chi connectivity index (χ2n) is 5.42. The Morgan fingerprint density at radius 3 is 2.48 bits per heavy atom. The second-order valence-corrected chi connectivity index (χ2v) is 5.42. The van der Waals surface area contributed by atoms with Crippen molar-refractivity contribution in [2.75, 3.05) is 17.7 Å². The molecule has 0 unspecified atom stereocenters. The fraction of sp³-hybridized carbons (Fsp3) is 0.500. The first-order valence-corrected chi connectivity index (χ1v) is 7.36. The molecule has 21 heavy (non-hydrogen) atoms. The van der Waals surface area contributed by atoms with E-state index in [1.807, 2.05) is 0 Å². The highest BCUT2D eigenvalue weighted by Gasteiger charge is 2.21. The van der Waals surface area contributed by atoms with Crippen molar-refractivity contribution in [1.29, 1.82) is 0 Å². The molecule has 2 amide bonds. The summed E-state index contributed by atoms with van der Waals surface area (Å²) in [7, 11) is 1.54. The van der Waals surface area contributed by atoms with Gasteiger partial charge in [0.1, 0.15) is 5.75 Å². The van der Waals surface area contributed by atoms with E-state index in [0.717, 1.165) is 25.7 Å². The molecule has 1 aromatic carbocycles. The van der Waals surface area contributed by atoms with Crippen LogP contribution in [-0.4, -0.2) is 18.9 Å². The number of benzene rings is 1. The summed E-state index contributed by atoms with van der Waals surface area (Å²) in [6.07, 6.45) is 5.41. The number of carbonyl (C=O) groups excluding carboxylic acids is 2. The molecule has 0 radical (unpaired) electrons. The van der Waals surface area contributed by atoms with E-state index in [9.17, 15) is 9.59 Å². The topological polar surface area (TPSA) is 67.4 Å². The predicted octanol–water partition coefficient (Wildman–Crippen LogP) is 3.17. The van der Waals surface area contributed by atoms with Crippen LogP contribution in [0.15, 0.2) is 18.2 Å². The van der Waals surface area contributed by atoms with Gasteiger partial charge in [0.15, 0.2) is 0 Å². The number of rotatable bonds is 4. The number of methoxy groups -OCH3 is 1. The highest BCUT2D eigenvalue weighted by atomic mass is 16.5. The minimum Gasteiger partial charge on any atom is -0.494 e. The fourth-order valence-electron chi connectivity index (χ4n) is 2.67. The van der Waals surface area contributed by atoms with E-state index in [1.54, 1.807) is 18.2 Å². The van der Waals surface area contributed by atoms with Crippen molar-refractivity contribution in [3.8, 4) is 5.75 Å². The van der Waals surface area contributed by atoms with Gasteiger partial charge in [0, 0.05) is 24.6 Å². The van der Waals surface area contributed by atoms with Crippen LogP contribution in [0.4, 0.5) is 11.4 Å². The summed E-state index contributed by atoms with van der Waals surface area (Å²) < 4.78 is 5.25. The highest BCUT2D eigenvalue weighted by molar-refractivity contribution is 5.94. The Balaban J connectivity index is 2.06. The smallest absolute Gasteiger partial charge is 0.227 e. The van der Waals surface area contributed by atoms with Gasteiger partial charge in [-0.05, 0) is 25.0 Å². The first-order chi connectivity index (χ1) is 10.1. The lowest BCUT2D eigenvalue weighted by Gasteiger charge is -2.21. The van der Waals surface area contributed by atoms with E-state index >= 15 is 0 Å². The van der Waals surface area contributed by atoms with E-state index in [0.29, 0.717) is 17.1 Å². The molecule has 0 aliphatic heterocycles. The number of nitrogens with one attached hydrogen (secondary N) is 2. The van der Waals surface area contributed by atoms with Crippen LogP contribution in [0, 0.1) is 5.92 Å². The summed E-state index contributed by atoms with van der Waals surface area (Å²) in [6.45, 7) is 1.44. The number of hydrogen-bond donors (Lipinski definition) is 2. The van der Waals surface area contributed by atoms with Gasteiger partial charge in [-0.3, -0.25) is 9.59 Å². The zero-order valence-corrected chi connectivity index (χ0v) is 12.6. The van der Waals surface area contributed by atoms with Gasteiger partial charge in [0.05, 0.1) is 12.8 Å². The average Bonchev–Trinajstić information content (AvgIpc) is 2.49. The van der Waals surface area contributed by atoms with Gasteiger partial charge in [0.25, 0.3) is 0 Å². The minimum absolute atomic E-state index is 0.0732. The molecule has 1 fully saturated rings. The van der Waals surface area contributed by atoms with Gasteiger partial charge < -0.3 is 15.4 Å². The van der Waals surface area contributed by atoms with Crippen LogP contribution in [-0.2, 0) is 9.59 Å². The Labute approximate surface area is 125 Å². The van der Waals surface area contributed by atoms with Crippen LogP contribution < -0.4 is 15.4 Å². The molecule has 1 saturated carbocycles. The van der Waals surface area contributed by atoms with E-state index in [2.05, 4.69) is 10.6 Å². The van der Waals surface area contributed by atoms with Crippen LogP contribution in [0.2, 0.25) is 0 Å². The molecule has 0 spiro atoms. The maximum atomic E-state index is 12.2. The van der Waals surface area contributed by atoms with Gasteiger partial charge in [0.2, 0.25) is 11.8 Å². The standard InChI is InChI=1S/C16H22N2O3/c1-11(19)17-14-9-8-13(10-15(14)21-2)18-16(20)12-6-4-3-5-7-12/h8-10,12H,3-7H2,1-2H3,(H,17,19)(H,18,20). The largest absolute Gasteiger partial charge is 0.494 e. The van der Waals surface area contributed by atoms with Gasteiger partial charge in [-0.15, -0.1) is 0 Å². The van der Waals surface area contributed by atoms with Crippen molar-refractivity contribution in [1.82, 2.24) is 0 Å². The SMILES string of the molecule is COc1cc(NC(=O)C2CCCCC2)ccc1NC(C)=O. The van der Waals surface area contributed by atoms with Gasteiger partial charge in [-0.1, -0.05) is 19.3 Å². The molecule has 0 heterocycles. The molecule has 0 atom stereocenters. The first-order valence-electron chi connectivity index (χ1n) is 7.36. The lowest BCUT2D eigenvalue weighted by molar-refractivity contribution is -0.120. The number of ether oxygens (including phenoxy) is 1. The molecular weight excluding hydrogens is 268 g/mol. The summed E-state index contributed by atoms with van der Waals surface area (Å²) in [6, 6.07) is 5.23. The first kappa shape index (κ1) is 15.4. The Kier molecular flexibility index (Phi) is 5.20. The van der Waals surface area contributed by atoms with Crippen molar-refractivity contribution < 1.29 is 14.3 Å². The summed E-state index contributed by atoms with van der Waals surface area (Å²) >= 11 is 0. The van der Waals surface area contributed by atoms with Crippen molar-refractivity contribution in [2.45, 2.75) is 39.0 Å². The Morgan fingerprint density at radius 1 is 1.14 bits per heavy atom. The molecule has 114 valence electrons. The van der Waals surface area contributed by atoms with Crippen LogP contribution >= 0.6 is 0 Å². The van der Waals surface area contributed by atoms with E-state index in [1.165, 1.54) is 20.5 Å². The molecule has 0 saturated heterocycles. The lowest BCUT2D eigenvalue weighted by atomic mass is 9.88. The number of hydrogen-bond acceptors (Lipinski definition) is 3. The van der Waals surface area contributed by atoms with Gasteiger partial charge in [-0.2, -0.15) is 0 Å². The molecule has 1 aliphatic rings. The maximum Gasteiger partial charge on any atom is 0.227 e. The summed E-state index contributed by atoms with van der Waals surface area (Å²) in [5, 5.41) is 5.63. The summed E-state index contributed by atoms with van der Waals surface area (Å²) in [5.74, 6) is 0.558. The summed E-state index contributed by atoms with van der Waals surface area (Å²) in [5.41, 5.74) is 1.29. The molecule has 5 nitrogen and oxygen atoms in total. The fourth-order valence-corrected chi connectivity index (χ4v) is 2.67. The zero-order chi connectivity index (χ0) is 15.2. The molecule has 5 heteroatoms. The lowest BCUT2D eigenvalue weighted by Crippen LogP contribution is -2.24. The molecule has 0 bridgehead atoms. The molecule has 1 aliphatic carbocycles. The maximum absolute atomic E-state index is 12.2. The van der Waals surface area contributed by atoms with Crippen molar-refractivity contribution in [2.24, 2.45) is 5.92 Å². The predicted molar refractivity (Wildman–Crippen MR) is 82.5 cm³/mol. The molecule has 2 rings (SSSR count). The average molecular weight is 290 g/mol. The third-order valence-electron chi connectivity index (χ3n) is 3.76. The third-order valence-corrected chi connectivity index (χ3v) is 3.76. The minimum atomic E-state index is -0.160. The number of anilines is 2. The zero-order valence-electron chi connectivity index (χ0n) is 12.6. The second kappa shape index (κ2) is 7.11. The Bertz CT molecular complexity index is 522. The van der Waals surface area contributed by atoms with Crippen LogP contribution in [0.3, 0.4) is 0 Å². The normalized spacial score (nSPS) is 15.3. The van der Waals surface area contributed by atoms with E-state index in [-0.39, 0.29) is 17.7 Å². The van der Waals surface area contributed by atoms with Crippen LogP contribution in [0.25, 0.3) is 0 Å². The summed E-state index contributed by atoms with van der Waals surface area (Å²) in [4.78, 5) is 23.3. The Morgan fingerprint density at radius 2 is 1.86 bits per heavy atom. The van der Waals surface area contributed by atoms with Crippen LogP contribution in [0.1, 0.15) is 39.0 Å². The number of carbonyl (C=O) groups is 2. The molecular formula is C16H22N2O3. The van der Waals surface area contributed by atoms with Crippen molar-refractivity contribution >= 4 is 23.2 Å². The molecule has 1 aromatic rings.